The van der Waals surface area contributed by atoms with Gasteiger partial charge in [0.25, 0.3) is 5.91 Å². The van der Waals surface area contributed by atoms with E-state index in [1.54, 1.807) is 36.4 Å². The number of benzene rings is 3. The second-order valence-corrected chi connectivity index (χ2v) is 6.24. The molecule has 0 fully saturated rings. The van der Waals surface area contributed by atoms with E-state index in [0.717, 1.165) is 11.1 Å². The Morgan fingerprint density at radius 2 is 1.55 bits per heavy atom. The predicted molar refractivity (Wildman–Crippen MR) is 111 cm³/mol. The standard InChI is InChI=1S/C23H20N2O4/c26-22(25-24-15-20-9-5-4-8-19(20)14-23(27)28)16-29-21-12-10-18(11-13-21)17-6-2-1-3-7-17/h1-13,15H,14,16H2,(H,25,26)(H,27,28). The molecule has 0 saturated heterocycles. The summed E-state index contributed by atoms with van der Waals surface area (Å²) in [6.45, 7) is -0.182. The first-order valence-corrected chi connectivity index (χ1v) is 9.02. The van der Waals surface area contributed by atoms with E-state index in [4.69, 9.17) is 9.84 Å². The van der Waals surface area contributed by atoms with Crippen LogP contribution in [0, 0.1) is 0 Å². The Bertz CT molecular complexity index is 999. The summed E-state index contributed by atoms with van der Waals surface area (Å²) in [5.74, 6) is -0.763. The first-order valence-electron chi connectivity index (χ1n) is 9.02. The van der Waals surface area contributed by atoms with Crippen LogP contribution < -0.4 is 10.2 Å². The number of carboxylic acids is 1. The van der Waals surface area contributed by atoms with E-state index < -0.39 is 11.9 Å². The fourth-order valence-electron chi connectivity index (χ4n) is 2.71. The average molecular weight is 388 g/mol. The summed E-state index contributed by atoms with van der Waals surface area (Å²) in [5.41, 5.74) is 5.80. The van der Waals surface area contributed by atoms with Crippen molar-refractivity contribution in [2.75, 3.05) is 6.61 Å². The lowest BCUT2D eigenvalue weighted by Crippen LogP contribution is -2.24. The number of hydrazone groups is 1. The molecule has 0 spiro atoms. The molecule has 0 aliphatic carbocycles. The minimum absolute atomic E-state index is 0.113. The van der Waals surface area contributed by atoms with Crippen molar-refractivity contribution >= 4 is 18.1 Å². The monoisotopic (exact) mass is 388 g/mol. The summed E-state index contributed by atoms with van der Waals surface area (Å²) in [6.07, 6.45) is 1.31. The van der Waals surface area contributed by atoms with Crippen LogP contribution in [0.5, 0.6) is 5.75 Å². The third-order valence-corrected chi connectivity index (χ3v) is 4.12. The number of nitrogens with one attached hydrogen (secondary N) is 1. The number of ether oxygens (including phenoxy) is 1. The van der Waals surface area contributed by atoms with E-state index in [9.17, 15) is 9.59 Å². The van der Waals surface area contributed by atoms with Crippen molar-refractivity contribution in [1.29, 1.82) is 0 Å². The fraction of sp³-hybridized carbons (Fsp3) is 0.0870. The minimum atomic E-state index is -0.929. The number of hydrogen-bond acceptors (Lipinski definition) is 4. The van der Waals surface area contributed by atoms with Crippen LogP contribution in [0.1, 0.15) is 11.1 Å². The van der Waals surface area contributed by atoms with Gasteiger partial charge in [0, 0.05) is 0 Å². The summed E-state index contributed by atoms with van der Waals surface area (Å²) in [6, 6.07) is 24.4. The predicted octanol–water partition coefficient (Wildman–Crippen LogP) is 3.51. The molecule has 6 heteroatoms. The second kappa shape index (κ2) is 9.85. The first kappa shape index (κ1) is 19.8. The molecule has 6 nitrogen and oxygen atoms in total. The van der Waals surface area contributed by atoms with Crippen molar-refractivity contribution in [2.24, 2.45) is 5.10 Å². The molecule has 3 aromatic rings. The van der Waals surface area contributed by atoms with E-state index in [1.807, 2.05) is 42.5 Å². The highest BCUT2D eigenvalue weighted by atomic mass is 16.5. The van der Waals surface area contributed by atoms with Gasteiger partial charge in [-0.1, -0.05) is 66.7 Å². The third-order valence-electron chi connectivity index (χ3n) is 4.12. The van der Waals surface area contributed by atoms with Crippen LogP contribution in [-0.4, -0.2) is 29.8 Å². The van der Waals surface area contributed by atoms with Crippen LogP contribution in [0.4, 0.5) is 0 Å². The third kappa shape index (κ3) is 6.04. The quantitative estimate of drug-likeness (QED) is 0.457. The fourth-order valence-corrected chi connectivity index (χ4v) is 2.71. The molecule has 0 aromatic heterocycles. The molecular formula is C23H20N2O4. The largest absolute Gasteiger partial charge is 0.484 e. The topological polar surface area (TPSA) is 88.0 Å². The van der Waals surface area contributed by atoms with Gasteiger partial charge in [0.05, 0.1) is 12.6 Å². The van der Waals surface area contributed by atoms with Crippen molar-refractivity contribution < 1.29 is 19.4 Å². The summed E-state index contributed by atoms with van der Waals surface area (Å²) in [4.78, 5) is 22.8. The number of aliphatic carboxylic acids is 1. The van der Waals surface area contributed by atoms with E-state index >= 15 is 0 Å². The number of carbonyl (C=O) groups is 2. The van der Waals surface area contributed by atoms with Gasteiger partial charge in [-0.25, -0.2) is 5.43 Å². The number of rotatable bonds is 8. The molecule has 0 radical (unpaired) electrons. The van der Waals surface area contributed by atoms with Crippen LogP contribution in [0.15, 0.2) is 84.0 Å². The number of nitrogens with zero attached hydrogens (tertiary/aromatic N) is 1. The van der Waals surface area contributed by atoms with Crippen molar-refractivity contribution in [1.82, 2.24) is 5.43 Å². The van der Waals surface area contributed by atoms with Crippen LogP contribution in [0.2, 0.25) is 0 Å². The Balaban J connectivity index is 1.50. The Hall–Kier alpha value is -3.93. The summed E-state index contributed by atoms with van der Waals surface area (Å²) in [7, 11) is 0. The number of amides is 1. The lowest BCUT2D eigenvalue weighted by molar-refractivity contribution is -0.136. The smallest absolute Gasteiger partial charge is 0.307 e. The molecular weight excluding hydrogens is 368 g/mol. The lowest BCUT2D eigenvalue weighted by atomic mass is 10.1. The van der Waals surface area contributed by atoms with Gasteiger partial charge in [-0.3, -0.25) is 9.59 Å². The second-order valence-electron chi connectivity index (χ2n) is 6.24. The molecule has 0 aliphatic heterocycles. The SMILES string of the molecule is O=C(O)Cc1ccccc1C=NNC(=O)COc1ccc(-c2ccccc2)cc1. The van der Waals surface area contributed by atoms with Crippen LogP contribution in [-0.2, 0) is 16.0 Å². The maximum atomic E-state index is 11.9. The molecule has 0 saturated carbocycles. The summed E-state index contributed by atoms with van der Waals surface area (Å²) < 4.78 is 5.47. The zero-order chi connectivity index (χ0) is 20.5. The highest BCUT2D eigenvalue weighted by Gasteiger charge is 2.05. The Morgan fingerprint density at radius 1 is 0.897 bits per heavy atom. The highest BCUT2D eigenvalue weighted by Crippen LogP contribution is 2.21. The zero-order valence-electron chi connectivity index (χ0n) is 15.6. The van der Waals surface area contributed by atoms with Gasteiger partial charge >= 0.3 is 5.97 Å². The maximum Gasteiger partial charge on any atom is 0.307 e. The summed E-state index contributed by atoms with van der Waals surface area (Å²) in [5, 5.41) is 12.8. The number of carbonyl (C=O) groups excluding carboxylic acids is 1. The molecule has 3 rings (SSSR count). The average Bonchev–Trinajstić information content (AvgIpc) is 2.74. The Kier molecular flexibility index (Phi) is 6.73. The molecule has 0 heterocycles. The van der Waals surface area contributed by atoms with Gasteiger partial charge < -0.3 is 9.84 Å². The molecule has 0 atom stereocenters. The Morgan fingerprint density at radius 3 is 2.28 bits per heavy atom. The van der Waals surface area contributed by atoms with Crippen molar-refractivity contribution in [2.45, 2.75) is 6.42 Å². The molecule has 0 bridgehead atoms. The van der Waals surface area contributed by atoms with E-state index in [2.05, 4.69) is 10.5 Å². The Labute approximate surface area is 168 Å². The normalized spacial score (nSPS) is 10.6. The van der Waals surface area contributed by atoms with E-state index in [0.29, 0.717) is 16.9 Å². The molecule has 2 N–H and O–H groups in total. The first-order chi connectivity index (χ1) is 14.1. The molecule has 3 aromatic carbocycles. The molecule has 1 amide bonds. The van der Waals surface area contributed by atoms with Gasteiger partial charge in [-0.2, -0.15) is 5.10 Å². The van der Waals surface area contributed by atoms with Crippen LogP contribution in [0.3, 0.4) is 0 Å². The van der Waals surface area contributed by atoms with Crippen molar-refractivity contribution in [3.63, 3.8) is 0 Å². The van der Waals surface area contributed by atoms with Gasteiger partial charge in [0.15, 0.2) is 6.61 Å². The molecule has 0 unspecified atom stereocenters. The van der Waals surface area contributed by atoms with E-state index in [-0.39, 0.29) is 13.0 Å². The van der Waals surface area contributed by atoms with Gasteiger partial charge in [0.1, 0.15) is 5.75 Å². The lowest BCUT2D eigenvalue weighted by Gasteiger charge is -2.07. The van der Waals surface area contributed by atoms with Crippen LogP contribution in [0.25, 0.3) is 11.1 Å². The highest BCUT2D eigenvalue weighted by molar-refractivity contribution is 5.86. The minimum Gasteiger partial charge on any atom is -0.484 e. The van der Waals surface area contributed by atoms with Crippen LogP contribution >= 0.6 is 0 Å². The molecule has 29 heavy (non-hydrogen) atoms. The van der Waals surface area contributed by atoms with Gasteiger partial charge in [0.2, 0.25) is 0 Å². The van der Waals surface area contributed by atoms with Crippen molar-refractivity contribution in [3.8, 4) is 16.9 Å². The maximum absolute atomic E-state index is 11.9. The molecule has 146 valence electrons. The number of hydrogen-bond donors (Lipinski definition) is 2. The zero-order valence-corrected chi connectivity index (χ0v) is 15.6. The summed E-state index contributed by atoms with van der Waals surface area (Å²) >= 11 is 0. The van der Waals surface area contributed by atoms with Crippen molar-refractivity contribution in [3.05, 3.63) is 90.0 Å². The van der Waals surface area contributed by atoms with Gasteiger partial charge in [-0.05, 0) is 34.4 Å². The number of carboxylic acid groups (broad SMARTS) is 1. The van der Waals surface area contributed by atoms with Gasteiger partial charge in [-0.15, -0.1) is 0 Å². The molecule has 0 aliphatic rings. The van der Waals surface area contributed by atoms with E-state index in [1.165, 1.54) is 6.21 Å².